The molecule has 7 nitrogen and oxygen atoms in total. The van der Waals surface area contributed by atoms with E-state index in [0.717, 1.165) is 61.6 Å². The average molecular weight is 353 g/mol. The summed E-state index contributed by atoms with van der Waals surface area (Å²) in [5.74, 6) is 0.0954. The molecule has 1 aliphatic rings. The van der Waals surface area contributed by atoms with Crippen LogP contribution in [-0.2, 0) is 11.8 Å². The van der Waals surface area contributed by atoms with Crippen molar-refractivity contribution in [2.45, 2.75) is 12.8 Å². The molecule has 4 heterocycles. The highest BCUT2D eigenvalue weighted by molar-refractivity contribution is 5.97. The summed E-state index contributed by atoms with van der Waals surface area (Å²) in [6, 6.07) is 5.81. The van der Waals surface area contributed by atoms with E-state index in [1.807, 2.05) is 31.4 Å². The fourth-order valence-corrected chi connectivity index (χ4v) is 3.44. The van der Waals surface area contributed by atoms with Gasteiger partial charge in [0.25, 0.3) is 0 Å². The van der Waals surface area contributed by atoms with Gasteiger partial charge in [0.1, 0.15) is 11.3 Å². The summed E-state index contributed by atoms with van der Waals surface area (Å²) in [7, 11) is 1.87. The fourth-order valence-electron chi connectivity index (χ4n) is 3.44. The third-order valence-electron chi connectivity index (χ3n) is 4.87. The van der Waals surface area contributed by atoms with Gasteiger partial charge in [0.15, 0.2) is 5.78 Å². The molecule has 3 aromatic rings. The van der Waals surface area contributed by atoms with Crippen LogP contribution < -0.4 is 0 Å². The molecule has 0 amide bonds. The summed E-state index contributed by atoms with van der Waals surface area (Å²) in [5, 5.41) is 5.47. The van der Waals surface area contributed by atoms with E-state index in [9.17, 15) is 4.79 Å². The van der Waals surface area contributed by atoms with Gasteiger partial charge in [0.05, 0.1) is 18.9 Å². The number of hydrogen-bond donors (Lipinski definition) is 1. The van der Waals surface area contributed by atoms with E-state index in [0.29, 0.717) is 12.1 Å². The average Bonchev–Trinajstić information content (AvgIpc) is 3.26. The topological polar surface area (TPSA) is 76.0 Å². The van der Waals surface area contributed by atoms with Gasteiger partial charge < -0.3 is 9.72 Å². The molecule has 26 heavy (non-hydrogen) atoms. The van der Waals surface area contributed by atoms with Crippen LogP contribution in [0.1, 0.15) is 23.3 Å². The largest absolute Gasteiger partial charge is 0.379 e. The molecule has 0 aromatic carbocycles. The van der Waals surface area contributed by atoms with Crippen LogP contribution >= 0.6 is 0 Å². The Morgan fingerprint density at radius 1 is 1.35 bits per heavy atom. The molecule has 0 atom stereocenters. The number of pyridine rings is 1. The molecule has 3 aromatic heterocycles. The summed E-state index contributed by atoms with van der Waals surface area (Å²) in [6.45, 7) is 4.42. The number of carbonyl (C=O) groups excluding carboxylic acids is 1. The Hall–Kier alpha value is -2.51. The third-order valence-corrected chi connectivity index (χ3v) is 4.87. The Balaban J connectivity index is 1.45. The number of ketones is 1. The predicted octanol–water partition coefficient (Wildman–Crippen LogP) is 2.26. The SMILES string of the molecule is Cn1nc(C(=O)CCCN2CCOCC2)cc1-c1c[nH]c2ncccc12. The molecule has 1 fully saturated rings. The number of hydrogen-bond acceptors (Lipinski definition) is 5. The number of fused-ring (bicyclic) bond motifs is 1. The number of ether oxygens (including phenoxy) is 1. The third kappa shape index (κ3) is 3.40. The standard InChI is InChI=1S/C19H23N5O2/c1-23-17(15-13-21-19-14(15)4-2-6-20-19)12-16(22-23)18(25)5-3-7-24-8-10-26-11-9-24/h2,4,6,12-13H,3,5,7-11H2,1H3,(H,20,21). The first-order valence-corrected chi connectivity index (χ1v) is 9.02. The Morgan fingerprint density at radius 3 is 3.04 bits per heavy atom. The van der Waals surface area contributed by atoms with Crippen LogP contribution in [0.3, 0.4) is 0 Å². The number of aryl methyl sites for hydroxylation is 1. The Bertz CT molecular complexity index is 908. The van der Waals surface area contributed by atoms with Crippen molar-refractivity contribution in [2.75, 3.05) is 32.8 Å². The van der Waals surface area contributed by atoms with E-state index in [4.69, 9.17) is 4.74 Å². The van der Waals surface area contributed by atoms with Crippen molar-refractivity contribution >= 4 is 16.8 Å². The Morgan fingerprint density at radius 2 is 2.19 bits per heavy atom. The highest BCUT2D eigenvalue weighted by Crippen LogP contribution is 2.28. The minimum Gasteiger partial charge on any atom is -0.379 e. The maximum absolute atomic E-state index is 12.5. The van der Waals surface area contributed by atoms with Crippen LogP contribution in [0.4, 0.5) is 0 Å². The predicted molar refractivity (Wildman–Crippen MR) is 99.1 cm³/mol. The molecular formula is C19H23N5O2. The van der Waals surface area contributed by atoms with Gasteiger partial charge in [-0.3, -0.25) is 14.4 Å². The van der Waals surface area contributed by atoms with Gasteiger partial charge in [-0.15, -0.1) is 0 Å². The van der Waals surface area contributed by atoms with E-state index < -0.39 is 0 Å². The molecule has 4 rings (SSSR count). The second-order valence-corrected chi connectivity index (χ2v) is 6.62. The smallest absolute Gasteiger partial charge is 0.183 e. The van der Waals surface area contributed by atoms with Gasteiger partial charge in [-0.25, -0.2) is 4.98 Å². The van der Waals surface area contributed by atoms with Crippen molar-refractivity contribution in [1.82, 2.24) is 24.6 Å². The molecule has 7 heteroatoms. The number of nitrogens with one attached hydrogen (secondary N) is 1. The lowest BCUT2D eigenvalue weighted by Crippen LogP contribution is -2.36. The minimum atomic E-state index is 0.0954. The van der Waals surface area contributed by atoms with Crippen molar-refractivity contribution in [3.05, 3.63) is 36.3 Å². The number of carbonyl (C=O) groups is 1. The highest BCUT2D eigenvalue weighted by atomic mass is 16.5. The molecular weight excluding hydrogens is 330 g/mol. The van der Waals surface area contributed by atoms with E-state index in [2.05, 4.69) is 20.0 Å². The van der Waals surface area contributed by atoms with E-state index in [1.165, 1.54) is 0 Å². The van der Waals surface area contributed by atoms with Crippen LogP contribution in [0.15, 0.2) is 30.6 Å². The summed E-state index contributed by atoms with van der Waals surface area (Å²) in [4.78, 5) is 22.4. The van der Waals surface area contributed by atoms with Gasteiger partial charge in [-0.2, -0.15) is 5.10 Å². The molecule has 1 N–H and O–H groups in total. The molecule has 0 unspecified atom stereocenters. The number of aromatic amines is 1. The Labute approximate surface area is 152 Å². The van der Waals surface area contributed by atoms with Crippen LogP contribution in [0.5, 0.6) is 0 Å². The summed E-state index contributed by atoms with van der Waals surface area (Å²) in [6.07, 6.45) is 5.04. The van der Waals surface area contributed by atoms with Gasteiger partial charge >= 0.3 is 0 Å². The number of aromatic nitrogens is 4. The zero-order valence-corrected chi connectivity index (χ0v) is 14.9. The maximum atomic E-state index is 12.5. The number of morpholine rings is 1. The van der Waals surface area contributed by atoms with Crippen LogP contribution in [0, 0.1) is 0 Å². The maximum Gasteiger partial charge on any atom is 0.183 e. The van der Waals surface area contributed by atoms with Crippen LogP contribution in [0.25, 0.3) is 22.3 Å². The Kier molecular flexibility index (Phi) is 4.81. The van der Waals surface area contributed by atoms with Crippen molar-refractivity contribution in [1.29, 1.82) is 0 Å². The van der Waals surface area contributed by atoms with Gasteiger partial charge in [-0.1, -0.05) is 0 Å². The molecule has 0 saturated carbocycles. The van der Waals surface area contributed by atoms with E-state index >= 15 is 0 Å². The molecule has 0 bridgehead atoms. The number of nitrogens with zero attached hydrogens (tertiary/aromatic N) is 4. The zero-order valence-electron chi connectivity index (χ0n) is 14.9. The molecule has 136 valence electrons. The first-order chi connectivity index (χ1) is 12.7. The molecule has 1 saturated heterocycles. The van der Waals surface area contributed by atoms with Crippen molar-refractivity contribution < 1.29 is 9.53 Å². The first kappa shape index (κ1) is 16.9. The van der Waals surface area contributed by atoms with Gasteiger partial charge in [0.2, 0.25) is 0 Å². The molecule has 1 aliphatic heterocycles. The van der Waals surface area contributed by atoms with E-state index in [-0.39, 0.29) is 5.78 Å². The normalized spacial score (nSPS) is 15.6. The molecule has 0 spiro atoms. The fraction of sp³-hybridized carbons (Fsp3) is 0.421. The highest BCUT2D eigenvalue weighted by Gasteiger charge is 2.17. The summed E-state index contributed by atoms with van der Waals surface area (Å²) >= 11 is 0. The second kappa shape index (κ2) is 7.39. The summed E-state index contributed by atoms with van der Waals surface area (Å²) < 4.78 is 7.12. The lowest BCUT2D eigenvalue weighted by atomic mass is 10.1. The van der Waals surface area contributed by atoms with Crippen molar-refractivity contribution in [2.24, 2.45) is 7.05 Å². The number of H-pyrrole nitrogens is 1. The van der Waals surface area contributed by atoms with Gasteiger partial charge in [0, 0.05) is 49.9 Å². The molecule has 0 radical (unpaired) electrons. The van der Waals surface area contributed by atoms with Crippen LogP contribution in [0.2, 0.25) is 0 Å². The lowest BCUT2D eigenvalue weighted by Gasteiger charge is -2.26. The number of Topliss-reactive ketones (excluding diaryl/α,β-unsaturated/α-hetero) is 1. The first-order valence-electron chi connectivity index (χ1n) is 9.02. The minimum absolute atomic E-state index is 0.0954. The molecule has 0 aliphatic carbocycles. The zero-order chi connectivity index (χ0) is 17.9. The van der Waals surface area contributed by atoms with E-state index in [1.54, 1.807) is 10.9 Å². The summed E-state index contributed by atoms with van der Waals surface area (Å²) in [5.41, 5.74) is 3.29. The quantitative estimate of drug-likeness (QED) is 0.688. The van der Waals surface area contributed by atoms with Crippen molar-refractivity contribution in [3.8, 4) is 11.3 Å². The monoisotopic (exact) mass is 353 g/mol. The van der Waals surface area contributed by atoms with Crippen LogP contribution in [-0.4, -0.2) is 63.3 Å². The second-order valence-electron chi connectivity index (χ2n) is 6.62. The van der Waals surface area contributed by atoms with Gasteiger partial charge in [-0.05, 0) is 31.2 Å². The van der Waals surface area contributed by atoms with Crippen molar-refractivity contribution in [3.63, 3.8) is 0 Å². The number of rotatable bonds is 6. The lowest BCUT2D eigenvalue weighted by molar-refractivity contribution is 0.0371.